The number of unbranched alkanes of at least 4 members (excludes halogenated alkanes) is 2. The predicted molar refractivity (Wildman–Crippen MR) is 65.3 cm³/mol. The van der Waals surface area contributed by atoms with Crippen LogP contribution in [0.4, 0.5) is 5.69 Å². The highest BCUT2D eigenvalue weighted by atomic mass is 16.2. The molecular weight excluding hydrogens is 200 g/mol. The zero-order valence-electron chi connectivity index (χ0n) is 9.66. The minimum absolute atomic E-state index is 0.267. The SMILES string of the molecule is Cc1ccc(C#N)cc1NCCCCCO. The largest absolute Gasteiger partial charge is 0.396 e. The smallest absolute Gasteiger partial charge is 0.0992 e. The van der Waals surface area contributed by atoms with E-state index in [2.05, 4.69) is 11.4 Å². The van der Waals surface area contributed by atoms with Crippen LogP contribution in [0.25, 0.3) is 0 Å². The first kappa shape index (κ1) is 12.5. The fourth-order valence-corrected chi connectivity index (χ4v) is 1.52. The number of aryl methyl sites for hydroxylation is 1. The van der Waals surface area contributed by atoms with Gasteiger partial charge in [0.15, 0.2) is 0 Å². The molecule has 0 bridgehead atoms. The quantitative estimate of drug-likeness (QED) is 0.721. The Morgan fingerprint density at radius 3 is 2.81 bits per heavy atom. The number of benzene rings is 1. The Morgan fingerprint density at radius 2 is 2.12 bits per heavy atom. The maximum Gasteiger partial charge on any atom is 0.0992 e. The molecule has 0 saturated carbocycles. The third kappa shape index (κ3) is 3.92. The Morgan fingerprint density at radius 1 is 1.31 bits per heavy atom. The lowest BCUT2D eigenvalue weighted by molar-refractivity contribution is 0.283. The van der Waals surface area contributed by atoms with E-state index in [1.54, 1.807) is 0 Å². The molecule has 0 heterocycles. The van der Waals surface area contributed by atoms with Gasteiger partial charge in [-0.05, 0) is 43.9 Å². The van der Waals surface area contributed by atoms with E-state index in [0.29, 0.717) is 5.56 Å². The summed E-state index contributed by atoms with van der Waals surface area (Å²) >= 11 is 0. The number of hydrogen-bond donors (Lipinski definition) is 2. The van der Waals surface area contributed by atoms with Gasteiger partial charge in [0, 0.05) is 18.8 Å². The van der Waals surface area contributed by atoms with Crippen LogP contribution in [-0.4, -0.2) is 18.3 Å². The van der Waals surface area contributed by atoms with Crippen molar-refractivity contribution in [3.05, 3.63) is 29.3 Å². The summed E-state index contributed by atoms with van der Waals surface area (Å²) in [6.45, 7) is 3.18. The summed E-state index contributed by atoms with van der Waals surface area (Å²) in [6.07, 6.45) is 2.93. The van der Waals surface area contributed by atoms with Gasteiger partial charge < -0.3 is 10.4 Å². The molecule has 2 N–H and O–H groups in total. The minimum atomic E-state index is 0.267. The summed E-state index contributed by atoms with van der Waals surface area (Å²) in [4.78, 5) is 0. The van der Waals surface area contributed by atoms with Crippen molar-refractivity contribution < 1.29 is 5.11 Å². The lowest BCUT2D eigenvalue weighted by atomic mass is 10.1. The van der Waals surface area contributed by atoms with Gasteiger partial charge in [-0.1, -0.05) is 6.07 Å². The first-order chi connectivity index (χ1) is 7.77. The summed E-state index contributed by atoms with van der Waals surface area (Å²) in [7, 11) is 0. The van der Waals surface area contributed by atoms with E-state index >= 15 is 0 Å². The Bertz CT molecular complexity index is 369. The Hall–Kier alpha value is -1.53. The van der Waals surface area contributed by atoms with Crippen LogP contribution in [0, 0.1) is 18.3 Å². The van der Waals surface area contributed by atoms with E-state index in [1.165, 1.54) is 0 Å². The molecule has 0 spiro atoms. The number of nitrogens with zero attached hydrogens (tertiary/aromatic N) is 1. The average Bonchev–Trinajstić information content (AvgIpc) is 2.31. The number of nitrogens with one attached hydrogen (secondary N) is 1. The third-order valence-electron chi connectivity index (χ3n) is 2.52. The molecule has 0 radical (unpaired) electrons. The van der Waals surface area contributed by atoms with Gasteiger partial charge in [0.1, 0.15) is 0 Å². The van der Waals surface area contributed by atoms with E-state index in [4.69, 9.17) is 10.4 Å². The number of anilines is 1. The summed E-state index contributed by atoms with van der Waals surface area (Å²) in [5.41, 5.74) is 2.87. The maximum atomic E-state index is 8.79. The van der Waals surface area contributed by atoms with Gasteiger partial charge in [-0.2, -0.15) is 5.26 Å². The van der Waals surface area contributed by atoms with Gasteiger partial charge in [-0.15, -0.1) is 0 Å². The number of aliphatic hydroxyl groups excluding tert-OH is 1. The van der Waals surface area contributed by atoms with Crippen LogP contribution in [0.3, 0.4) is 0 Å². The lowest BCUT2D eigenvalue weighted by Crippen LogP contribution is -2.03. The van der Waals surface area contributed by atoms with E-state index in [0.717, 1.165) is 37.1 Å². The Labute approximate surface area is 96.7 Å². The summed E-state index contributed by atoms with van der Waals surface area (Å²) in [6, 6.07) is 7.79. The van der Waals surface area contributed by atoms with Crippen molar-refractivity contribution in [3.8, 4) is 6.07 Å². The van der Waals surface area contributed by atoms with Crippen LogP contribution >= 0.6 is 0 Å². The van der Waals surface area contributed by atoms with E-state index in [-0.39, 0.29) is 6.61 Å². The van der Waals surface area contributed by atoms with Gasteiger partial charge in [-0.3, -0.25) is 0 Å². The second kappa shape index (κ2) is 6.86. The van der Waals surface area contributed by atoms with Gasteiger partial charge in [0.05, 0.1) is 11.6 Å². The van der Waals surface area contributed by atoms with Crippen LogP contribution in [0.1, 0.15) is 30.4 Å². The molecule has 1 aromatic rings. The fraction of sp³-hybridized carbons (Fsp3) is 0.462. The van der Waals surface area contributed by atoms with Crippen molar-refractivity contribution in [1.82, 2.24) is 0 Å². The summed E-state index contributed by atoms with van der Waals surface area (Å²) < 4.78 is 0. The maximum absolute atomic E-state index is 8.79. The van der Waals surface area contributed by atoms with Crippen LogP contribution in [0.15, 0.2) is 18.2 Å². The molecule has 0 aromatic heterocycles. The van der Waals surface area contributed by atoms with Gasteiger partial charge in [-0.25, -0.2) is 0 Å². The standard InChI is InChI=1S/C13H18N2O/c1-11-5-6-12(10-14)9-13(11)15-7-3-2-4-8-16/h5-6,9,15-16H,2-4,7-8H2,1H3. The molecule has 3 heteroatoms. The van der Waals surface area contributed by atoms with E-state index in [9.17, 15) is 0 Å². The number of rotatable bonds is 6. The van der Waals surface area contributed by atoms with Crippen molar-refractivity contribution in [3.63, 3.8) is 0 Å². The molecule has 0 unspecified atom stereocenters. The molecule has 1 rings (SSSR count). The zero-order valence-corrected chi connectivity index (χ0v) is 9.66. The molecule has 0 aliphatic heterocycles. The molecule has 0 atom stereocenters. The summed E-state index contributed by atoms with van der Waals surface area (Å²) in [5.74, 6) is 0. The first-order valence-electron chi connectivity index (χ1n) is 5.63. The number of hydrogen-bond acceptors (Lipinski definition) is 3. The topological polar surface area (TPSA) is 56.0 Å². The van der Waals surface area contributed by atoms with Gasteiger partial charge >= 0.3 is 0 Å². The molecule has 0 saturated heterocycles. The molecule has 0 fully saturated rings. The normalized spacial score (nSPS) is 9.81. The van der Waals surface area contributed by atoms with E-state index in [1.807, 2.05) is 25.1 Å². The average molecular weight is 218 g/mol. The Balaban J connectivity index is 2.44. The minimum Gasteiger partial charge on any atom is -0.396 e. The van der Waals surface area contributed by atoms with Gasteiger partial charge in [0.25, 0.3) is 0 Å². The van der Waals surface area contributed by atoms with E-state index < -0.39 is 0 Å². The van der Waals surface area contributed by atoms with Crippen LogP contribution in [-0.2, 0) is 0 Å². The molecular formula is C13H18N2O. The fourth-order valence-electron chi connectivity index (χ4n) is 1.52. The van der Waals surface area contributed by atoms with Crippen LogP contribution in [0.5, 0.6) is 0 Å². The highest BCUT2D eigenvalue weighted by molar-refractivity contribution is 5.55. The van der Waals surface area contributed by atoms with Crippen molar-refractivity contribution in [2.75, 3.05) is 18.5 Å². The number of nitriles is 1. The monoisotopic (exact) mass is 218 g/mol. The highest BCUT2D eigenvalue weighted by Crippen LogP contribution is 2.16. The molecule has 0 aliphatic carbocycles. The second-order valence-corrected chi connectivity index (χ2v) is 3.85. The van der Waals surface area contributed by atoms with Crippen molar-refractivity contribution in [1.29, 1.82) is 5.26 Å². The van der Waals surface area contributed by atoms with Crippen LogP contribution in [0.2, 0.25) is 0 Å². The van der Waals surface area contributed by atoms with Crippen LogP contribution < -0.4 is 5.32 Å². The molecule has 1 aromatic carbocycles. The Kier molecular flexibility index (Phi) is 5.38. The molecule has 0 amide bonds. The predicted octanol–water partition coefficient (Wildman–Crippen LogP) is 2.44. The third-order valence-corrected chi connectivity index (χ3v) is 2.52. The lowest BCUT2D eigenvalue weighted by Gasteiger charge is -2.09. The van der Waals surface area contributed by atoms with Crippen molar-refractivity contribution >= 4 is 5.69 Å². The zero-order chi connectivity index (χ0) is 11.8. The summed E-state index contributed by atoms with van der Waals surface area (Å²) in [5, 5.41) is 20.7. The molecule has 3 nitrogen and oxygen atoms in total. The number of aliphatic hydroxyl groups is 1. The highest BCUT2D eigenvalue weighted by Gasteiger charge is 1.99. The molecule has 16 heavy (non-hydrogen) atoms. The van der Waals surface area contributed by atoms with Crippen molar-refractivity contribution in [2.45, 2.75) is 26.2 Å². The molecule has 0 aliphatic rings. The second-order valence-electron chi connectivity index (χ2n) is 3.85. The molecule has 86 valence electrons. The van der Waals surface area contributed by atoms with Crippen molar-refractivity contribution in [2.24, 2.45) is 0 Å². The first-order valence-corrected chi connectivity index (χ1v) is 5.63. The van der Waals surface area contributed by atoms with Gasteiger partial charge in [0.2, 0.25) is 0 Å².